The van der Waals surface area contributed by atoms with Crippen LogP contribution in [0, 0.1) is 10.1 Å². The van der Waals surface area contributed by atoms with Crippen LogP contribution >= 0.6 is 35.0 Å². The molecule has 0 bridgehead atoms. The Morgan fingerprint density at radius 1 is 1.03 bits per heavy atom. The Balaban J connectivity index is 1.54. The van der Waals surface area contributed by atoms with Crippen molar-refractivity contribution in [2.75, 3.05) is 5.32 Å². The number of hydrogen-bond acceptors (Lipinski definition) is 6. The summed E-state index contributed by atoms with van der Waals surface area (Å²) < 4.78 is 1.76. The number of nitrogens with zero attached hydrogens (tertiary/aromatic N) is 4. The highest BCUT2D eigenvalue weighted by Gasteiger charge is 2.17. The number of aromatic nitrogens is 3. The number of non-ortho nitro benzene ring substituents is 1. The quantitative estimate of drug-likeness (QED) is 0.162. The molecule has 178 valence electrons. The molecule has 0 saturated heterocycles. The maximum Gasteiger partial charge on any atom is 0.319 e. The number of halogens is 2. The van der Waals surface area contributed by atoms with Gasteiger partial charge in [0.25, 0.3) is 5.69 Å². The number of anilines is 1. The van der Waals surface area contributed by atoms with Crippen molar-refractivity contribution in [3.05, 3.63) is 104 Å². The Morgan fingerprint density at radius 3 is 2.46 bits per heavy atom. The highest BCUT2D eigenvalue weighted by molar-refractivity contribution is 7.98. The molecule has 3 aromatic carbocycles. The van der Waals surface area contributed by atoms with Gasteiger partial charge in [-0.15, -0.1) is 10.2 Å². The third-order valence-electron chi connectivity index (χ3n) is 4.82. The van der Waals surface area contributed by atoms with Gasteiger partial charge in [0, 0.05) is 28.6 Å². The van der Waals surface area contributed by atoms with Crippen LogP contribution in [-0.4, -0.2) is 25.7 Å². The zero-order valence-electron chi connectivity index (χ0n) is 18.0. The number of rotatable bonds is 8. The fourth-order valence-electron chi connectivity index (χ4n) is 3.13. The van der Waals surface area contributed by atoms with Crippen LogP contribution in [0.2, 0.25) is 10.0 Å². The molecule has 2 N–H and O–H groups in total. The van der Waals surface area contributed by atoms with E-state index in [2.05, 4.69) is 20.8 Å². The number of carbonyl (C=O) groups excluding carboxylic acids is 1. The van der Waals surface area contributed by atoms with Crippen molar-refractivity contribution < 1.29 is 9.72 Å². The summed E-state index contributed by atoms with van der Waals surface area (Å²) in [5.74, 6) is 1.10. The zero-order chi connectivity index (χ0) is 24.8. The van der Waals surface area contributed by atoms with Gasteiger partial charge in [-0.3, -0.25) is 14.7 Å². The van der Waals surface area contributed by atoms with E-state index in [1.165, 1.54) is 30.0 Å². The van der Waals surface area contributed by atoms with Gasteiger partial charge in [-0.25, -0.2) is 4.79 Å². The smallest absolute Gasteiger partial charge is 0.319 e. The van der Waals surface area contributed by atoms with Crippen molar-refractivity contribution in [3.8, 4) is 5.69 Å². The summed E-state index contributed by atoms with van der Waals surface area (Å²) in [4.78, 5) is 23.1. The molecule has 4 rings (SSSR count). The minimum atomic E-state index is -0.494. The molecular formula is C23H18Cl2N6O3S. The van der Waals surface area contributed by atoms with Crippen LogP contribution in [0.3, 0.4) is 0 Å². The first-order valence-corrected chi connectivity index (χ1v) is 12.0. The molecule has 0 aliphatic carbocycles. The monoisotopic (exact) mass is 528 g/mol. The summed E-state index contributed by atoms with van der Waals surface area (Å²) in [6.45, 7) is 0.0485. The molecule has 4 aromatic rings. The molecule has 12 heteroatoms. The first-order chi connectivity index (χ1) is 16.9. The maximum absolute atomic E-state index is 12.5. The molecule has 0 aliphatic rings. The van der Waals surface area contributed by atoms with Crippen LogP contribution < -0.4 is 10.6 Å². The standard InChI is InChI=1S/C23H18Cl2N6O3S/c24-16-6-11-20(19(25)12-16)27-22(32)26-13-21-28-29-23(35-14-15-4-2-1-3-5-15)30(21)17-7-9-18(10-8-17)31(33)34/h1-12H,13-14H2,(H2,26,27,32). The van der Waals surface area contributed by atoms with Crippen molar-refractivity contribution in [1.29, 1.82) is 0 Å². The predicted octanol–water partition coefficient (Wildman–Crippen LogP) is 6.10. The molecule has 35 heavy (non-hydrogen) atoms. The summed E-state index contributed by atoms with van der Waals surface area (Å²) in [5.41, 5.74) is 2.12. The Morgan fingerprint density at radius 2 is 1.77 bits per heavy atom. The van der Waals surface area contributed by atoms with E-state index in [0.29, 0.717) is 38.2 Å². The number of hydrogen-bond donors (Lipinski definition) is 2. The number of thioether (sulfide) groups is 1. The largest absolute Gasteiger partial charge is 0.331 e. The fourth-order valence-corrected chi connectivity index (χ4v) is 4.51. The summed E-state index contributed by atoms with van der Waals surface area (Å²) in [6, 6.07) is 20.2. The average Bonchev–Trinajstić information content (AvgIpc) is 3.26. The molecule has 0 spiro atoms. The van der Waals surface area contributed by atoms with Gasteiger partial charge < -0.3 is 10.6 Å². The Bertz CT molecular complexity index is 1350. The van der Waals surface area contributed by atoms with Crippen LogP contribution in [0.15, 0.2) is 78.0 Å². The maximum atomic E-state index is 12.5. The lowest BCUT2D eigenvalue weighted by Gasteiger charge is -2.12. The lowest BCUT2D eigenvalue weighted by atomic mass is 10.2. The van der Waals surface area contributed by atoms with Gasteiger partial charge in [-0.05, 0) is 35.9 Å². The normalized spacial score (nSPS) is 10.7. The number of nitrogens with one attached hydrogen (secondary N) is 2. The average molecular weight is 529 g/mol. The van der Waals surface area contributed by atoms with Gasteiger partial charge in [0.1, 0.15) is 0 Å². The zero-order valence-corrected chi connectivity index (χ0v) is 20.3. The number of benzene rings is 3. The molecule has 2 amide bonds. The van der Waals surface area contributed by atoms with Crippen molar-refractivity contribution in [2.24, 2.45) is 0 Å². The molecule has 9 nitrogen and oxygen atoms in total. The molecule has 1 aromatic heterocycles. The topological polar surface area (TPSA) is 115 Å². The summed E-state index contributed by atoms with van der Waals surface area (Å²) in [6.07, 6.45) is 0. The van der Waals surface area contributed by atoms with E-state index in [-0.39, 0.29) is 12.2 Å². The van der Waals surface area contributed by atoms with Gasteiger partial charge in [-0.1, -0.05) is 65.3 Å². The van der Waals surface area contributed by atoms with E-state index >= 15 is 0 Å². The highest BCUT2D eigenvalue weighted by Crippen LogP contribution is 2.27. The van der Waals surface area contributed by atoms with E-state index in [0.717, 1.165) is 5.56 Å². The summed E-state index contributed by atoms with van der Waals surface area (Å²) >= 11 is 13.5. The Hall–Kier alpha value is -3.60. The number of carbonyl (C=O) groups is 1. The summed E-state index contributed by atoms with van der Waals surface area (Å²) in [7, 11) is 0. The van der Waals surface area contributed by atoms with Crippen LogP contribution in [0.4, 0.5) is 16.2 Å². The van der Waals surface area contributed by atoms with Gasteiger partial charge in [0.15, 0.2) is 11.0 Å². The number of nitro benzene ring substituents is 1. The van der Waals surface area contributed by atoms with E-state index in [1.807, 2.05) is 30.3 Å². The van der Waals surface area contributed by atoms with Crippen LogP contribution in [0.1, 0.15) is 11.4 Å². The molecular weight excluding hydrogens is 511 g/mol. The van der Waals surface area contributed by atoms with Crippen molar-refractivity contribution in [3.63, 3.8) is 0 Å². The second kappa shape index (κ2) is 11.2. The SMILES string of the molecule is O=C(NCc1nnc(SCc2ccccc2)n1-c1ccc([N+](=O)[O-])cc1)Nc1ccc(Cl)cc1Cl. The number of nitro groups is 1. The lowest BCUT2D eigenvalue weighted by molar-refractivity contribution is -0.384. The lowest BCUT2D eigenvalue weighted by Crippen LogP contribution is -2.29. The van der Waals surface area contributed by atoms with Gasteiger partial charge >= 0.3 is 6.03 Å². The second-order valence-electron chi connectivity index (χ2n) is 7.21. The van der Waals surface area contributed by atoms with Crippen LogP contribution in [0.5, 0.6) is 0 Å². The van der Waals surface area contributed by atoms with Crippen molar-refractivity contribution in [1.82, 2.24) is 20.1 Å². The van der Waals surface area contributed by atoms with Gasteiger partial charge in [0.05, 0.1) is 22.2 Å². The van der Waals surface area contributed by atoms with E-state index in [1.54, 1.807) is 28.8 Å². The molecule has 0 radical (unpaired) electrons. The number of urea groups is 1. The van der Waals surface area contributed by atoms with E-state index < -0.39 is 11.0 Å². The third kappa shape index (κ3) is 6.30. The summed E-state index contributed by atoms with van der Waals surface area (Å²) in [5, 5.41) is 26.3. The molecule has 0 saturated carbocycles. The van der Waals surface area contributed by atoms with Crippen molar-refractivity contribution in [2.45, 2.75) is 17.5 Å². The molecule has 0 aliphatic heterocycles. The van der Waals surface area contributed by atoms with Gasteiger partial charge in [-0.2, -0.15) is 0 Å². The van der Waals surface area contributed by atoms with Crippen LogP contribution in [0.25, 0.3) is 5.69 Å². The van der Waals surface area contributed by atoms with E-state index in [9.17, 15) is 14.9 Å². The first-order valence-electron chi connectivity index (χ1n) is 10.3. The minimum absolute atomic E-state index is 0.0285. The molecule has 0 atom stereocenters. The Labute approximate surface area is 214 Å². The van der Waals surface area contributed by atoms with Gasteiger partial charge in [0.2, 0.25) is 0 Å². The highest BCUT2D eigenvalue weighted by atomic mass is 35.5. The third-order valence-corrected chi connectivity index (χ3v) is 6.36. The molecule has 0 fully saturated rings. The molecule has 0 unspecified atom stereocenters. The number of amides is 2. The first kappa shape index (κ1) is 24.5. The predicted molar refractivity (Wildman–Crippen MR) is 136 cm³/mol. The van der Waals surface area contributed by atoms with Crippen LogP contribution in [-0.2, 0) is 12.3 Å². The minimum Gasteiger partial charge on any atom is -0.331 e. The van der Waals surface area contributed by atoms with E-state index in [4.69, 9.17) is 23.2 Å². The van der Waals surface area contributed by atoms with Crippen molar-refractivity contribution >= 4 is 52.4 Å². The fraction of sp³-hybridized carbons (Fsp3) is 0.0870. The second-order valence-corrected chi connectivity index (χ2v) is 9.00. The Kier molecular flexibility index (Phi) is 7.86. The molecule has 1 heterocycles.